The van der Waals surface area contributed by atoms with Crippen molar-refractivity contribution >= 4 is 0 Å². The van der Waals surface area contributed by atoms with Crippen molar-refractivity contribution in [2.24, 2.45) is 0 Å². The number of nitrogens with zero attached hydrogens (tertiary/aromatic N) is 3. The Hall–Kier alpha value is -3.31. The third-order valence-electron chi connectivity index (χ3n) is 4.80. The van der Waals surface area contributed by atoms with Crippen molar-refractivity contribution in [3.05, 3.63) is 70.8 Å². The van der Waals surface area contributed by atoms with Gasteiger partial charge in [0.05, 0.1) is 36.8 Å². The Morgan fingerprint density at radius 3 is 2.77 bits per heavy atom. The normalized spacial score (nSPS) is 15.8. The molecule has 0 fully saturated rings. The molecule has 30 heavy (non-hydrogen) atoms. The van der Waals surface area contributed by atoms with E-state index in [1.54, 1.807) is 23.1 Å². The Kier molecular flexibility index (Phi) is 5.22. The van der Waals surface area contributed by atoms with Crippen LogP contribution in [0.2, 0.25) is 0 Å². The molecule has 0 N–H and O–H groups in total. The number of halogens is 3. The minimum atomic E-state index is -4.50. The predicted molar refractivity (Wildman–Crippen MR) is 103 cm³/mol. The lowest BCUT2D eigenvalue weighted by Gasteiger charge is -2.21. The van der Waals surface area contributed by atoms with Crippen LogP contribution in [-0.2, 0) is 23.9 Å². The van der Waals surface area contributed by atoms with Crippen LogP contribution >= 0.6 is 0 Å². The Balaban J connectivity index is 1.81. The third-order valence-corrected chi connectivity index (χ3v) is 4.80. The average Bonchev–Trinajstić information content (AvgIpc) is 3.09. The number of alkyl halides is 3. The van der Waals surface area contributed by atoms with Crippen molar-refractivity contribution in [2.45, 2.75) is 32.2 Å². The van der Waals surface area contributed by atoms with E-state index in [9.17, 15) is 13.2 Å². The van der Waals surface area contributed by atoms with Gasteiger partial charge in [0.15, 0.2) is 0 Å². The maximum atomic E-state index is 13.2. The Morgan fingerprint density at radius 2 is 2.07 bits per heavy atom. The van der Waals surface area contributed by atoms with E-state index in [0.717, 1.165) is 22.9 Å². The molecule has 0 amide bonds. The summed E-state index contributed by atoms with van der Waals surface area (Å²) in [6.45, 7) is 2.28. The summed E-state index contributed by atoms with van der Waals surface area (Å²) in [4.78, 5) is 4.04. The van der Waals surface area contributed by atoms with Gasteiger partial charge in [0.2, 0.25) is 0 Å². The van der Waals surface area contributed by atoms with Crippen molar-refractivity contribution in [3.8, 4) is 23.3 Å². The number of hydrogen-bond donors (Lipinski definition) is 0. The molecule has 154 valence electrons. The zero-order chi connectivity index (χ0) is 21.3. The monoisotopic (exact) mass is 413 g/mol. The van der Waals surface area contributed by atoms with Crippen molar-refractivity contribution in [2.75, 3.05) is 7.11 Å². The molecule has 8 heteroatoms. The fourth-order valence-corrected chi connectivity index (χ4v) is 3.33. The van der Waals surface area contributed by atoms with Crippen LogP contribution in [-0.4, -0.2) is 28.0 Å². The highest BCUT2D eigenvalue weighted by atomic mass is 19.4. The Labute approximate surface area is 171 Å². The highest BCUT2D eigenvalue weighted by molar-refractivity contribution is 5.50. The number of fused-ring (bicyclic) bond motifs is 1. The summed E-state index contributed by atoms with van der Waals surface area (Å²) in [5, 5.41) is 4.58. The second-order valence-corrected chi connectivity index (χ2v) is 6.89. The maximum absolute atomic E-state index is 13.2. The van der Waals surface area contributed by atoms with Crippen molar-refractivity contribution in [1.82, 2.24) is 14.8 Å². The van der Waals surface area contributed by atoms with E-state index in [4.69, 9.17) is 9.47 Å². The fourth-order valence-electron chi connectivity index (χ4n) is 3.33. The predicted octanol–water partition coefficient (Wildman–Crippen LogP) is 4.16. The van der Waals surface area contributed by atoms with Gasteiger partial charge < -0.3 is 9.47 Å². The van der Waals surface area contributed by atoms with Crippen LogP contribution < -0.4 is 4.74 Å². The summed E-state index contributed by atoms with van der Waals surface area (Å²) in [5.74, 6) is 5.81. The quantitative estimate of drug-likeness (QED) is 0.592. The summed E-state index contributed by atoms with van der Waals surface area (Å²) in [5.41, 5.74) is 2.61. The van der Waals surface area contributed by atoms with Gasteiger partial charge in [-0.2, -0.15) is 18.3 Å². The fraction of sp³-hybridized carbons (Fsp3) is 0.273. The van der Waals surface area contributed by atoms with Gasteiger partial charge in [0.25, 0.3) is 0 Å². The number of ether oxygens (including phenoxy) is 2. The third kappa shape index (κ3) is 3.89. The molecule has 0 aliphatic carbocycles. The molecule has 3 aromatic rings. The summed E-state index contributed by atoms with van der Waals surface area (Å²) in [7, 11) is 1.22. The Morgan fingerprint density at radius 1 is 1.23 bits per heavy atom. The maximum Gasteiger partial charge on any atom is 0.419 e. The lowest BCUT2D eigenvalue weighted by atomic mass is 10.0. The Bertz CT molecular complexity index is 1130. The van der Waals surface area contributed by atoms with E-state index in [0.29, 0.717) is 24.4 Å². The summed E-state index contributed by atoms with van der Waals surface area (Å²) >= 11 is 0. The SMILES string of the molecule is COc1cc(-n2nc(C#Cc3cccnc3)c3c2CC(C)OC3)ccc1C(F)(F)F. The lowest BCUT2D eigenvalue weighted by molar-refractivity contribution is -0.138. The first kappa shape index (κ1) is 20.0. The molecular weight excluding hydrogens is 395 g/mol. The first-order valence-electron chi connectivity index (χ1n) is 9.27. The van der Waals surface area contributed by atoms with Crippen LogP contribution in [0.4, 0.5) is 13.2 Å². The van der Waals surface area contributed by atoms with E-state index in [-0.39, 0.29) is 11.9 Å². The standard InChI is InChI=1S/C22H18F3N3O2/c1-14-10-20-17(13-30-14)19(8-5-15-4-3-9-26-12-15)27-28(20)16-6-7-18(22(23,24)25)21(11-16)29-2/h3-4,6-7,9,11-12,14H,10,13H2,1-2H3. The molecular formula is C22H18F3N3O2. The van der Waals surface area contributed by atoms with E-state index in [2.05, 4.69) is 21.9 Å². The molecule has 4 rings (SSSR count). The largest absolute Gasteiger partial charge is 0.496 e. The van der Waals surface area contributed by atoms with Gasteiger partial charge in [-0.15, -0.1) is 0 Å². The first-order valence-corrected chi connectivity index (χ1v) is 9.27. The van der Waals surface area contributed by atoms with E-state index in [1.807, 2.05) is 13.0 Å². The van der Waals surface area contributed by atoms with Crippen LogP contribution in [0, 0.1) is 11.8 Å². The smallest absolute Gasteiger partial charge is 0.419 e. The molecule has 1 atom stereocenters. The molecule has 0 bridgehead atoms. The highest BCUT2D eigenvalue weighted by Crippen LogP contribution is 2.37. The molecule has 0 saturated heterocycles. The van der Waals surface area contributed by atoms with Gasteiger partial charge in [-0.3, -0.25) is 4.98 Å². The van der Waals surface area contributed by atoms with Gasteiger partial charge >= 0.3 is 6.18 Å². The topological polar surface area (TPSA) is 49.2 Å². The zero-order valence-electron chi connectivity index (χ0n) is 16.3. The molecule has 0 spiro atoms. The first-order chi connectivity index (χ1) is 14.4. The number of hydrogen-bond acceptors (Lipinski definition) is 4. The minimum Gasteiger partial charge on any atom is -0.496 e. The molecule has 0 saturated carbocycles. The van der Waals surface area contributed by atoms with Crippen LogP contribution in [0.1, 0.15) is 35.0 Å². The molecule has 2 aromatic heterocycles. The second kappa shape index (κ2) is 7.84. The van der Waals surface area contributed by atoms with Gasteiger partial charge in [-0.05, 0) is 37.1 Å². The minimum absolute atomic E-state index is 0.0385. The van der Waals surface area contributed by atoms with Gasteiger partial charge in [-0.1, -0.05) is 5.92 Å². The average molecular weight is 413 g/mol. The molecule has 5 nitrogen and oxygen atoms in total. The van der Waals surface area contributed by atoms with Crippen molar-refractivity contribution < 1.29 is 22.6 Å². The van der Waals surface area contributed by atoms with Crippen molar-refractivity contribution in [3.63, 3.8) is 0 Å². The highest BCUT2D eigenvalue weighted by Gasteiger charge is 2.34. The number of benzene rings is 1. The number of aromatic nitrogens is 3. The number of methoxy groups -OCH3 is 1. The molecule has 1 aromatic carbocycles. The zero-order valence-corrected chi connectivity index (χ0v) is 16.3. The van der Waals surface area contributed by atoms with Gasteiger partial charge in [0, 0.05) is 36.0 Å². The van der Waals surface area contributed by atoms with Crippen LogP contribution in [0.15, 0.2) is 42.7 Å². The van der Waals surface area contributed by atoms with Gasteiger partial charge in [0.1, 0.15) is 11.4 Å². The number of pyridine rings is 1. The van der Waals surface area contributed by atoms with Crippen molar-refractivity contribution in [1.29, 1.82) is 0 Å². The second-order valence-electron chi connectivity index (χ2n) is 6.89. The van der Waals surface area contributed by atoms with E-state index >= 15 is 0 Å². The van der Waals surface area contributed by atoms with Gasteiger partial charge in [-0.25, -0.2) is 4.68 Å². The molecule has 3 heterocycles. The molecule has 1 aliphatic heterocycles. The molecule has 0 radical (unpaired) electrons. The summed E-state index contributed by atoms with van der Waals surface area (Å²) in [6.07, 6.45) is -0.662. The van der Waals surface area contributed by atoms with Crippen LogP contribution in [0.3, 0.4) is 0 Å². The van der Waals surface area contributed by atoms with Crippen LogP contribution in [0.25, 0.3) is 5.69 Å². The summed E-state index contributed by atoms with van der Waals surface area (Å²) in [6, 6.07) is 7.36. The number of rotatable bonds is 2. The van der Waals surface area contributed by atoms with E-state index < -0.39 is 11.7 Å². The van der Waals surface area contributed by atoms with Crippen LogP contribution in [0.5, 0.6) is 5.75 Å². The molecule has 1 unspecified atom stereocenters. The lowest BCUT2D eigenvalue weighted by Crippen LogP contribution is -2.21. The summed E-state index contributed by atoms with van der Waals surface area (Å²) < 4.78 is 52.0. The molecule has 1 aliphatic rings. The van der Waals surface area contributed by atoms with E-state index in [1.165, 1.54) is 19.2 Å².